The van der Waals surface area contributed by atoms with Gasteiger partial charge in [-0.15, -0.1) is 6.58 Å². The summed E-state index contributed by atoms with van der Waals surface area (Å²) in [7, 11) is 1.94. The molecule has 0 fully saturated rings. The number of hydrogen-bond acceptors (Lipinski definition) is 2. The zero-order valence-electron chi connectivity index (χ0n) is 9.03. The Bertz CT molecular complexity index is 385. The Labute approximate surface area is 89.6 Å². The van der Waals surface area contributed by atoms with Crippen molar-refractivity contribution >= 4 is 11.7 Å². The molecule has 0 amide bonds. The molecule has 1 N–H and O–H groups in total. The summed E-state index contributed by atoms with van der Waals surface area (Å²) >= 11 is 0. The van der Waals surface area contributed by atoms with Gasteiger partial charge >= 0.3 is 5.97 Å². The lowest BCUT2D eigenvalue weighted by Crippen LogP contribution is -2.16. The highest BCUT2D eigenvalue weighted by atomic mass is 16.4. The summed E-state index contributed by atoms with van der Waals surface area (Å²) < 4.78 is 0. The van der Waals surface area contributed by atoms with E-state index in [1.807, 2.05) is 18.0 Å². The van der Waals surface area contributed by atoms with Crippen molar-refractivity contribution in [1.82, 2.24) is 0 Å². The lowest BCUT2D eigenvalue weighted by Gasteiger charge is -2.18. The topological polar surface area (TPSA) is 40.5 Å². The Balaban J connectivity index is 3.00. The monoisotopic (exact) mass is 205 g/mol. The van der Waals surface area contributed by atoms with Gasteiger partial charge in [0.1, 0.15) is 0 Å². The maximum Gasteiger partial charge on any atom is 0.335 e. The van der Waals surface area contributed by atoms with Gasteiger partial charge in [-0.1, -0.05) is 6.08 Å². The number of hydrogen-bond donors (Lipinski definition) is 1. The molecule has 3 nitrogen and oxygen atoms in total. The van der Waals surface area contributed by atoms with Crippen LogP contribution in [-0.2, 0) is 0 Å². The van der Waals surface area contributed by atoms with Gasteiger partial charge in [0.05, 0.1) is 5.56 Å². The quantitative estimate of drug-likeness (QED) is 0.767. The molecule has 3 heteroatoms. The Morgan fingerprint density at radius 3 is 2.73 bits per heavy atom. The van der Waals surface area contributed by atoms with E-state index in [2.05, 4.69) is 6.58 Å². The maximum atomic E-state index is 10.8. The summed E-state index contributed by atoms with van der Waals surface area (Å²) in [6.07, 6.45) is 1.81. The van der Waals surface area contributed by atoms with Gasteiger partial charge < -0.3 is 10.0 Å². The van der Waals surface area contributed by atoms with Crippen molar-refractivity contribution in [2.45, 2.75) is 6.92 Å². The molecule has 0 aromatic heterocycles. The second-order valence-electron chi connectivity index (χ2n) is 3.47. The van der Waals surface area contributed by atoms with Crippen LogP contribution < -0.4 is 4.90 Å². The lowest BCUT2D eigenvalue weighted by molar-refractivity contribution is 0.0696. The van der Waals surface area contributed by atoms with E-state index in [9.17, 15) is 4.79 Å². The summed E-state index contributed by atoms with van der Waals surface area (Å²) in [6.45, 7) is 6.20. The Morgan fingerprint density at radius 2 is 2.27 bits per heavy atom. The molecule has 0 aliphatic rings. The fourth-order valence-electron chi connectivity index (χ4n) is 1.42. The molecule has 0 bridgehead atoms. The SMILES string of the molecule is C=CCN(C)c1ccc(C(=O)O)c(C)c1. The minimum Gasteiger partial charge on any atom is -0.478 e. The summed E-state index contributed by atoms with van der Waals surface area (Å²) in [5.41, 5.74) is 2.12. The second kappa shape index (κ2) is 4.64. The minimum atomic E-state index is -0.884. The van der Waals surface area contributed by atoms with E-state index in [1.165, 1.54) is 0 Å². The normalized spacial score (nSPS) is 9.73. The van der Waals surface area contributed by atoms with E-state index >= 15 is 0 Å². The summed E-state index contributed by atoms with van der Waals surface area (Å²) in [4.78, 5) is 12.8. The van der Waals surface area contributed by atoms with Gasteiger partial charge in [0.15, 0.2) is 0 Å². The third-order valence-electron chi connectivity index (χ3n) is 2.28. The number of benzene rings is 1. The zero-order chi connectivity index (χ0) is 11.4. The number of rotatable bonds is 4. The van der Waals surface area contributed by atoms with Gasteiger partial charge in [-0.05, 0) is 30.7 Å². The van der Waals surface area contributed by atoms with Crippen molar-refractivity contribution in [1.29, 1.82) is 0 Å². The Hall–Kier alpha value is -1.77. The predicted molar refractivity (Wildman–Crippen MR) is 61.6 cm³/mol. The van der Waals surface area contributed by atoms with Crippen LogP contribution in [0.25, 0.3) is 0 Å². The first-order valence-corrected chi connectivity index (χ1v) is 4.72. The van der Waals surface area contributed by atoms with Crippen LogP contribution in [0.5, 0.6) is 0 Å². The summed E-state index contributed by atoms with van der Waals surface area (Å²) in [6, 6.07) is 5.31. The molecular weight excluding hydrogens is 190 g/mol. The highest BCUT2D eigenvalue weighted by molar-refractivity contribution is 5.89. The van der Waals surface area contributed by atoms with E-state index in [1.54, 1.807) is 25.1 Å². The van der Waals surface area contributed by atoms with Crippen LogP contribution >= 0.6 is 0 Å². The fraction of sp³-hybridized carbons (Fsp3) is 0.250. The smallest absolute Gasteiger partial charge is 0.335 e. The molecule has 80 valence electrons. The Morgan fingerprint density at radius 1 is 1.60 bits per heavy atom. The third kappa shape index (κ3) is 2.59. The van der Waals surface area contributed by atoms with E-state index in [0.29, 0.717) is 5.56 Å². The predicted octanol–water partition coefficient (Wildman–Crippen LogP) is 2.32. The molecule has 1 rings (SSSR count). The van der Waals surface area contributed by atoms with Gasteiger partial charge in [-0.2, -0.15) is 0 Å². The van der Waals surface area contributed by atoms with Crippen molar-refractivity contribution in [3.8, 4) is 0 Å². The van der Waals surface area contributed by atoms with Crippen LogP contribution in [-0.4, -0.2) is 24.7 Å². The van der Waals surface area contributed by atoms with Gasteiger partial charge in [0.25, 0.3) is 0 Å². The first-order valence-electron chi connectivity index (χ1n) is 4.72. The number of nitrogens with zero attached hydrogens (tertiary/aromatic N) is 1. The number of aryl methyl sites for hydroxylation is 1. The number of carboxylic acid groups (broad SMARTS) is 1. The van der Waals surface area contributed by atoms with Crippen molar-refractivity contribution in [3.63, 3.8) is 0 Å². The average molecular weight is 205 g/mol. The maximum absolute atomic E-state index is 10.8. The molecule has 0 unspecified atom stereocenters. The van der Waals surface area contributed by atoms with E-state index in [-0.39, 0.29) is 0 Å². The van der Waals surface area contributed by atoms with E-state index in [4.69, 9.17) is 5.11 Å². The molecule has 0 radical (unpaired) electrons. The van der Waals surface area contributed by atoms with Crippen molar-refractivity contribution in [2.75, 3.05) is 18.5 Å². The number of carboxylic acids is 1. The average Bonchev–Trinajstić information content (AvgIpc) is 2.17. The fourth-order valence-corrected chi connectivity index (χ4v) is 1.42. The van der Waals surface area contributed by atoms with Gasteiger partial charge in [-0.25, -0.2) is 4.79 Å². The summed E-state index contributed by atoms with van der Waals surface area (Å²) in [5.74, 6) is -0.884. The number of likely N-dealkylation sites (N-methyl/N-ethyl adjacent to an activating group) is 1. The number of anilines is 1. The molecule has 0 atom stereocenters. The molecular formula is C12H15NO2. The van der Waals surface area contributed by atoms with Crippen LogP contribution in [0, 0.1) is 6.92 Å². The first kappa shape index (κ1) is 11.3. The van der Waals surface area contributed by atoms with Crippen molar-refractivity contribution < 1.29 is 9.90 Å². The van der Waals surface area contributed by atoms with Gasteiger partial charge in [-0.3, -0.25) is 0 Å². The number of carbonyl (C=O) groups is 1. The lowest BCUT2D eigenvalue weighted by atomic mass is 10.1. The van der Waals surface area contributed by atoms with E-state index in [0.717, 1.165) is 17.8 Å². The third-order valence-corrected chi connectivity index (χ3v) is 2.28. The largest absolute Gasteiger partial charge is 0.478 e. The van der Waals surface area contributed by atoms with Gasteiger partial charge in [0, 0.05) is 19.3 Å². The molecule has 0 heterocycles. The molecule has 1 aromatic carbocycles. The molecule has 0 aliphatic carbocycles. The minimum absolute atomic E-state index is 0.353. The second-order valence-corrected chi connectivity index (χ2v) is 3.47. The van der Waals surface area contributed by atoms with Crippen LogP contribution in [0.1, 0.15) is 15.9 Å². The molecule has 0 saturated heterocycles. The molecule has 1 aromatic rings. The molecule has 0 spiro atoms. The highest BCUT2D eigenvalue weighted by Gasteiger charge is 2.08. The standard InChI is InChI=1S/C12H15NO2/c1-4-7-13(3)10-5-6-11(12(14)15)9(2)8-10/h4-6,8H,1,7H2,2-3H3,(H,14,15). The van der Waals surface area contributed by atoms with Crippen molar-refractivity contribution in [2.24, 2.45) is 0 Å². The first-order chi connectivity index (χ1) is 7.06. The molecule has 0 aliphatic heterocycles. The summed E-state index contributed by atoms with van der Waals surface area (Å²) in [5, 5.41) is 8.87. The molecule has 0 saturated carbocycles. The van der Waals surface area contributed by atoms with Gasteiger partial charge in [0.2, 0.25) is 0 Å². The highest BCUT2D eigenvalue weighted by Crippen LogP contribution is 2.18. The van der Waals surface area contributed by atoms with Crippen LogP contribution in [0.15, 0.2) is 30.9 Å². The van der Waals surface area contributed by atoms with Crippen LogP contribution in [0.3, 0.4) is 0 Å². The van der Waals surface area contributed by atoms with Crippen molar-refractivity contribution in [3.05, 3.63) is 42.0 Å². The zero-order valence-corrected chi connectivity index (χ0v) is 9.03. The number of aromatic carboxylic acids is 1. The van der Waals surface area contributed by atoms with Crippen LogP contribution in [0.2, 0.25) is 0 Å². The Kier molecular flexibility index (Phi) is 3.50. The molecule has 15 heavy (non-hydrogen) atoms. The van der Waals surface area contributed by atoms with Crippen LogP contribution in [0.4, 0.5) is 5.69 Å². The van der Waals surface area contributed by atoms with E-state index < -0.39 is 5.97 Å².